The second-order valence-corrected chi connectivity index (χ2v) is 37.3. The third kappa shape index (κ3) is 34.2. The van der Waals surface area contributed by atoms with Crippen molar-refractivity contribution in [1.82, 2.24) is 0 Å². The molecule has 2 aliphatic rings. The first-order valence-electron chi connectivity index (χ1n) is 31.5. The van der Waals surface area contributed by atoms with Crippen LogP contribution in [0.25, 0.3) is 0 Å². The van der Waals surface area contributed by atoms with Crippen molar-refractivity contribution in [3.63, 3.8) is 0 Å². The van der Waals surface area contributed by atoms with Gasteiger partial charge in [-0.25, -0.2) is 0 Å². The van der Waals surface area contributed by atoms with E-state index in [-0.39, 0.29) is 0 Å². The van der Waals surface area contributed by atoms with Gasteiger partial charge in [0.05, 0.1) is 8.07 Å². The summed E-state index contributed by atoms with van der Waals surface area (Å²) in [6, 6.07) is 64.2. The highest BCUT2D eigenvalue weighted by molar-refractivity contribution is 6.79. The van der Waals surface area contributed by atoms with E-state index < -0.39 is 16.1 Å². The van der Waals surface area contributed by atoms with Crippen molar-refractivity contribution in [2.24, 2.45) is 5.92 Å². The molecule has 0 spiro atoms. The average Bonchev–Trinajstić information content (AvgIpc) is 4.07. The molecular formula is C82H120Si2. The number of rotatable bonds is 0. The fraction of sp³-hybridized carbons (Fsp3) is 0.415. The van der Waals surface area contributed by atoms with Gasteiger partial charge < -0.3 is 0 Å². The van der Waals surface area contributed by atoms with Crippen LogP contribution in [0.1, 0.15) is 144 Å². The zero-order chi connectivity index (χ0) is 63.7. The molecule has 2 saturated heterocycles. The monoisotopic (exact) mass is 1160 g/mol. The summed E-state index contributed by atoms with van der Waals surface area (Å²) in [5, 5.41) is 0. The molecular weight excluding hydrogens is 1040 g/mol. The predicted octanol–water partition coefficient (Wildman–Crippen LogP) is 25.3. The van der Waals surface area contributed by atoms with Crippen LogP contribution in [0.5, 0.6) is 0 Å². The molecule has 0 nitrogen and oxygen atoms in total. The fourth-order valence-corrected chi connectivity index (χ4v) is 16.3. The molecule has 456 valence electrons. The third-order valence-corrected chi connectivity index (χ3v) is 24.8. The maximum atomic E-state index is 2.52. The standard InChI is InChI=1S/C10H14.3C9H12.3C8H10.2C7H16Si.C7H8/c1-7-5-8(2)10(4)9(3)6-7;1-7-4-8(2)6-9(3)5-7;1-7-4-5-8(2)9(3)6-7;1-7-5-4-6-8(2)9(7)3;1-7-3-5-8(2)6-4-7;1-7-4-3-5-8(2)6-7;1-7-5-3-4-6-8(7)2;1-7-4-5-8(2,3)6-7;1-7-5-4-6-8(7,2)3;1-7-5-3-2-4-6-7/h5-6H,1-4H3;3*4-6H,1-3H3;3*3-6H,1-2H3;2*7H,4-6H2,1-3H3;2-6H,1H3. The first-order valence-corrected chi connectivity index (χ1v) is 38.2. The Bertz CT molecular complexity index is 2920. The zero-order valence-corrected chi connectivity index (χ0v) is 60.6. The minimum Gasteiger partial charge on any atom is -0.0693 e. The van der Waals surface area contributed by atoms with Gasteiger partial charge in [-0.1, -0.05) is 303 Å². The summed E-state index contributed by atoms with van der Waals surface area (Å²) in [6.07, 6.45) is 4.54. The van der Waals surface area contributed by atoms with Gasteiger partial charge in [-0.15, -0.1) is 0 Å². The smallest absolute Gasteiger partial charge is 0.0502 e. The van der Waals surface area contributed by atoms with E-state index in [0.29, 0.717) is 0 Å². The molecule has 0 radical (unpaired) electrons. The molecule has 8 aromatic rings. The van der Waals surface area contributed by atoms with Gasteiger partial charge in [-0.2, -0.15) is 0 Å². The summed E-state index contributed by atoms with van der Waals surface area (Å²) in [4.78, 5) is 0. The molecule has 84 heavy (non-hydrogen) atoms. The Morgan fingerprint density at radius 1 is 0.274 bits per heavy atom. The number of hydrogen-bond donors (Lipinski definition) is 0. The maximum Gasteiger partial charge on any atom is 0.0502 e. The van der Waals surface area contributed by atoms with Crippen LogP contribution in [0.15, 0.2) is 170 Å². The van der Waals surface area contributed by atoms with Crippen LogP contribution >= 0.6 is 0 Å². The average molecular weight is 1160 g/mol. The molecule has 0 aliphatic carbocycles. The van der Waals surface area contributed by atoms with E-state index in [9.17, 15) is 0 Å². The van der Waals surface area contributed by atoms with Crippen LogP contribution in [0.2, 0.25) is 49.9 Å². The first-order chi connectivity index (χ1) is 39.2. The SMILES string of the molecule is CC1CCC[Si]1(C)C.CC1CC[Si](C)(C)C1.Cc1cc(C)c(C)c(C)c1.Cc1cc(C)cc(C)c1.Cc1ccc(C)c(C)c1.Cc1ccc(C)cc1.Cc1cccc(C)c1.Cc1cccc(C)c1C.Cc1ccccc1.Cc1ccccc1C. The predicted molar refractivity (Wildman–Crippen MR) is 388 cm³/mol. The van der Waals surface area contributed by atoms with Gasteiger partial charge in [0.15, 0.2) is 0 Å². The van der Waals surface area contributed by atoms with E-state index in [2.05, 4.69) is 330 Å². The molecule has 0 bridgehead atoms. The molecule has 0 amide bonds. The van der Waals surface area contributed by atoms with Crippen LogP contribution in [-0.2, 0) is 0 Å². The summed E-state index contributed by atoms with van der Waals surface area (Å²) in [5.74, 6) is 1.05. The van der Waals surface area contributed by atoms with Gasteiger partial charge in [-0.05, 0) is 206 Å². The van der Waals surface area contributed by atoms with Gasteiger partial charge in [0.1, 0.15) is 0 Å². The van der Waals surface area contributed by atoms with Crippen LogP contribution in [0.3, 0.4) is 0 Å². The highest BCUT2D eigenvalue weighted by atomic mass is 28.3. The molecule has 2 fully saturated rings. The van der Waals surface area contributed by atoms with E-state index in [0.717, 1.165) is 11.5 Å². The molecule has 2 aliphatic heterocycles. The number of hydrogen-bond acceptors (Lipinski definition) is 0. The van der Waals surface area contributed by atoms with Gasteiger partial charge in [0.2, 0.25) is 0 Å². The van der Waals surface area contributed by atoms with Crippen molar-refractivity contribution in [2.45, 2.75) is 221 Å². The largest absolute Gasteiger partial charge is 0.0693 e. The van der Waals surface area contributed by atoms with Crippen molar-refractivity contribution < 1.29 is 0 Å². The lowest BCUT2D eigenvalue weighted by Gasteiger charge is -2.19. The topological polar surface area (TPSA) is 0 Å². The second kappa shape index (κ2) is 39.7. The van der Waals surface area contributed by atoms with E-state index in [1.54, 1.807) is 18.1 Å². The third-order valence-electron chi connectivity index (χ3n) is 16.7. The summed E-state index contributed by atoms with van der Waals surface area (Å²) in [6.45, 7) is 57.4. The van der Waals surface area contributed by atoms with Crippen molar-refractivity contribution in [3.8, 4) is 0 Å². The quantitative estimate of drug-likeness (QED) is 0.133. The Morgan fingerprint density at radius 3 is 0.869 bits per heavy atom. The van der Waals surface area contributed by atoms with E-state index in [1.807, 2.05) is 18.2 Å². The summed E-state index contributed by atoms with van der Waals surface area (Å²) in [5.41, 5.74) is 28.4. The van der Waals surface area contributed by atoms with Crippen molar-refractivity contribution in [2.75, 3.05) is 0 Å². The summed E-state index contributed by atoms with van der Waals surface area (Å²) in [7, 11) is -1.25. The fourth-order valence-electron chi connectivity index (χ4n) is 10.2. The Morgan fingerprint density at radius 2 is 0.595 bits per heavy atom. The molecule has 2 heterocycles. The van der Waals surface area contributed by atoms with Gasteiger partial charge in [0, 0.05) is 8.07 Å². The molecule has 0 aromatic heterocycles. The van der Waals surface area contributed by atoms with E-state index in [1.165, 1.54) is 131 Å². The lowest BCUT2D eigenvalue weighted by atomic mass is 10.0. The summed E-state index contributed by atoms with van der Waals surface area (Å²) >= 11 is 0. The van der Waals surface area contributed by atoms with Crippen LogP contribution < -0.4 is 0 Å². The Balaban J connectivity index is 0.000000467. The van der Waals surface area contributed by atoms with Crippen LogP contribution in [-0.4, -0.2) is 16.1 Å². The van der Waals surface area contributed by atoms with Crippen molar-refractivity contribution in [1.29, 1.82) is 0 Å². The lowest BCUT2D eigenvalue weighted by Crippen LogP contribution is -2.24. The van der Waals surface area contributed by atoms with E-state index in [4.69, 9.17) is 0 Å². The molecule has 8 aromatic carbocycles. The first kappa shape index (κ1) is 76.2. The zero-order valence-electron chi connectivity index (χ0n) is 58.6. The van der Waals surface area contributed by atoms with Gasteiger partial charge in [0.25, 0.3) is 0 Å². The second-order valence-electron chi connectivity index (χ2n) is 26.6. The van der Waals surface area contributed by atoms with Crippen molar-refractivity contribution in [3.05, 3.63) is 281 Å². The minimum absolute atomic E-state index is 0.603. The highest BCUT2D eigenvalue weighted by Crippen LogP contribution is 2.38. The molecule has 0 N–H and O–H groups in total. The number of benzene rings is 8. The van der Waals surface area contributed by atoms with Crippen molar-refractivity contribution >= 4 is 16.1 Å². The lowest BCUT2D eigenvalue weighted by molar-refractivity contribution is 0.658. The molecule has 10 rings (SSSR count). The Hall–Kier alpha value is -5.81. The van der Waals surface area contributed by atoms with Gasteiger partial charge in [-0.3, -0.25) is 0 Å². The van der Waals surface area contributed by atoms with Gasteiger partial charge >= 0.3 is 0 Å². The van der Waals surface area contributed by atoms with Crippen LogP contribution in [0, 0.1) is 144 Å². The molecule has 2 heteroatoms. The highest BCUT2D eigenvalue weighted by Gasteiger charge is 2.32. The van der Waals surface area contributed by atoms with Crippen LogP contribution in [0.4, 0.5) is 0 Å². The summed E-state index contributed by atoms with van der Waals surface area (Å²) < 4.78 is 0. The Labute approximate surface area is 521 Å². The normalized spacial score (nSPS) is 14.5. The molecule has 2 unspecified atom stereocenters. The minimum atomic E-state index is -0.644. The molecule has 0 saturated carbocycles. The molecule has 2 atom stereocenters. The number of aryl methyl sites for hydroxylation is 18. The maximum absolute atomic E-state index is 2.52. The van der Waals surface area contributed by atoms with E-state index >= 15 is 0 Å². The Kier molecular flexibility index (Phi) is 36.1.